The molecule has 29 heavy (non-hydrogen) atoms. The zero-order valence-electron chi connectivity index (χ0n) is 16.6. The minimum atomic E-state index is 0.720. The number of nitrogens with zero attached hydrogens (tertiary/aromatic N) is 3. The number of ether oxygens (including phenoxy) is 3. The van der Waals surface area contributed by atoms with Gasteiger partial charge in [0.25, 0.3) is 0 Å². The predicted octanol–water partition coefficient (Wildman–Crippen LogP) is 3.74. The molecule has 2 aromatic heterocycles. The Hall–Kier alpha value is -3.32. The van der Waals surface area contributed by atoms with Crippen LogP contribution in [0.1, 0.15) is 0 Å². The van der Waals surface area contributed by atoms with Crippen LogP contribution in [0.25, 0.3) is 11.3 Å². The van der Waals surface area contributed by atoms with Gasteiger partial charge in [-0.25, -0.2) is 4.98 Å². The van der Waals surface area contributed by atoms with E-state index in [9.17, 15) is 0 Å². The Morgan fingerprint density at radius 1 is 0.966 bits per heavy atom. The van der Waals surface area contributed by atoms with Crippen LogP contribution in [0.4, 0.5) is 17.2 Å². The minimum absolute atomic E-state index is 0.720. The minimum Gasteiger partial charge on any atom is -0.495 e. The van der Waals surface area contributed by atoms with E-state index in [0.717, 1.165) is 66.3 Å². The van der Waals surface area contributed by atoms with Crippen molar-refractivity contribution in [3.8, 4) is 22.8 Å². The second-order valence-electron chi connectivity index (χ2n) is 6.62. The molecule has 3 heterocycles. The SMILES string of the molecule is COc1ccc(-c2ccnc(Nc3ccc(N4CCOCC4)cc3OC)c2)nc1. The number of benzene rings is 1. The van der Waals surface area contributed by atoms with Crippen molar-refractivity contribution in [2.75, 3.05) is 50.7 Å². The lowest BCUT2D eigenvalue weighted by molar-refractivity contribution is 0.122. The lowest BCUT2D eigenvalue weighted by atomic mass is 10.1. The first kappa shape index (κ1) is 19.0. The van der Waals surface area contributed by atoms with E-state index in [1.165, 1.54) is 0 Å². The largest absolute Gasteiger partial charge is 0.495 e. The quantitative estimate of drug-likeness (QED) is 0.685. The molecule has 1 N–H and O–H groups in total. The van der Waals surface area contributed by atoms with E-state index in [1.807, 2.05) is 36.4 Å². The summed E-state index contributed by atoms with van der Waals surface area (Å²) < 4.78 is 16.2. The van der Waals surface area contributed by atoms with Gasteiger partial charge in [0, 0.05) is 36.6 Å². The fourth-order valence-corrected chi connectivity index (χ4v) is 3.27. The van der Waals surface area contributed by atoms with E-state index in [0.29, 0.717) is 0 Å². The van der Waals surface area contributed by atoms with E-state index in [4.69, 9.17) is 14.2 Å². The van der Waals surface area contributed by atoms with E-state index < -0.39 is 0 Å². The van der Waals surface area contributed by atoms with Crippen LogP contribution in [0.2, 0.25) is 0 Å². The van der Waals surface area contributed by atoms with Gasteiger partial charge >= 0.3 is 0 Å². The van der Waals surface area contributed by atoms with Crippen LogP contribution in [0.3, 0.4) is 0 Å². The number of pyridine rings is 2. The maximum atomic E-state index is 5.61. The lowest BCUT2D eigenvalue weighted by Crippen LogP contribution is -2.36. The van der Waals surface area contributed by atoms with Gasteiger partial charge in [-0.3, -0.25) is 4.98 Å². The van der Waals surface area contributed by atoms with Crippen molar-refractivity contribution in [2.45, 2.75) is 0 Å². The molecule has 1 fully saturated rings. The Labute approximate surface area is 170 Å². The van der Waals surface area contributed by atoms with Crippen molar-refractivity contribution < 1.29 is 14.2 Å². The first-order chi connectivity index (χ1) is 14.3. The third-order valence-electron chi connectivity index (χ3n) is 4.85. The molecule has 0 aliphatic carbocycles. The Morgan fingerprint density at radius 3 is 2.55 bits per heavy atom. The topological polar surface area (TPSA) is 68.7 Å². The monoisotopic (exact) mass is 392 g/mol. The van der Waals surface area contributed by atoms with E-state index in [-0.39, 0.29) is 0 Å². The molecule has 0 radical (unpaired) electrons. The molecule has 0 bridgehead atoms. The zero-order valence-corrected chi connectivity index (χ0v) is 16.6. The van der Waals surface area contributed by atoms with Crippen LogP contribution < -0.4 is 19.7 Å². The molecular weight excluding hydrogens is 368 g/mol. The van der Waals surface area contributed by atoms with Gasteiger partial charge in [0.15, 0.2) is 0 Å². The molecule has 7 heteroatoms. The van der Waals surface area contributed by atoms with Crippen LogP contribution >= 0.6 is 0 Å². The maximum absolute atomic E-state index is 5.61. The third kappa shape index (κ3) is 4.41. The highest BCUT2D eigenvalue weighted by Crippen LogP contribution is 2.32. The number of hydrogen-bond acceptors (Lipinski definition) is 7. The van der Waals surface area contributed by atoms with Gasteiger partial charge in [-0.1, -0.05) is 0 Å². The second-order valence-corrected chi connectivity index (χ2v) is 6.62. The summed E-state index contributed by atoms with van der Waals surface area (Å²) in [5.74, 6) is 2.22. The maximum Gasteiger partial charge on any atom is 0.144 e. The Bertz CT molecular complexity index is 957. The lowest BCUT2D eigenvalue weighted by Gasteiger charge is -2.29. The van der Waals surface area contributed by atoms with E-state index in [1.54, 1.807) is 26.6 Å². The number of morpholine rings is 1. The fourth-order valence-electron chi connectivity index (χ4n) is 3.27. The van der Waals surface area contributed by atoms with Crippen LogP contribution in [0, 0.1) is 0 Å². The molecule has 0 unspecified atom stereocenters. The molecule has 1 saturated heterocycles. The molecule has 4 rings (SSSR count). The third-order valence-corrected chi connectivity index (χ3v) is 4.85. The summed E-state index contributed by atoms with van der Waals surface area (Å²) in [4.78, 5) is 11.2. The van der Waals surface area contributed by atoms with Crippen LogP contribution in [0.15, 0.2) is 54.9 Å². The van der Waals surface area contributed by atoms with Crippen LogP contribution in [0.5, 0.6) is 11.5 Å². The molecule has 0 atom stereocenters. The molecule has 3 aromatic rings. The standard InChI is InChI=1S/C22H24N4O3/c1-27-18-4-6-19(24-15-18)16-7-8-23-22(13-16)25-20-5-3-17(14-21(20)28-2)26-9-11-29-12-10-26/h3-8,13-15H,9-12H2,1-2H3,(H,23,25). The van der Waals surface area contributed by atoms with Gasteiger partial charge < -0.3 is 24.4 Å². The number of hydrogen-bond donors (Lipinski definition) is 1. The van der Waals surface area contributed by atoms with Crippen LogP contribution in [-0.2, 0) is 4.74 Å². The summed E-state index contributed by atoms with van der Waals surface area (Å²) in [6.45, 7) is 3.26. The highest BCUT2D eigenvalue weighted by Gasteiger charge is 2.14. The summed E-state index contributed by atoms with van der Waals surface area (Å²) in [5.41, 5.74) is 3.80. The number of anilines is 3. The average Bonchev–Trinajstić information content (AvgIpc) is 2.80. The molecule has 1 aliphatic heterocycles. The molecule has 1 aliphatic rings. The second kappa shape index (κ2) is 8.79. The van der Waals surface area contributed by atoms with Crippen molar-refractivity contribution in [1.82, 2.24) is 9.97 Å². The summed E-state index contributed by atoms with van der Waals surface area (Å²) >= 11 is 0. The number of aromatic nitrogens is 2. The van der Waals surface area contributed by atoms with Gasteiger partial charge in [0.05, 0.1) is 45.0 Å². The number of methoxy groups -OCH3 is 2. The summed E-state index contributed by atoms with van der Waals surface area (Å²) in [7, 11) is 3.30. The van der Waals surface area contributed by atoms with Crippen molar-refractivity contribution in [3.05, 3.63) is 54.9 Å². The Morgan fingerprint density at radius 2 is 1.83 bits per heavy atom. The molecule has 0 spiro atoms. The fraction of sp³-hybridized carbons (Fsp3) is 0.273. The van der Waals surface area contributed by atoms with E-state index in [2.05, 4.69) is 26.3 Å². The van der Waals surface area contributed by atoms with Crippen molar-refractivity contribution in [2.24, 2.45) is 0 Å². The average molecular weight is 392 g/mol. The van der Waals surface area contributed by atoms with Crippen molar-refractivity contribution in [3.63, 3.8) is 0 Å². The molecule has 7 nitrogen and oxygen atoms in total. The Balaban J connectivity index is 1.55. The first-order valence-electron chi connectivity index (χ1n) is 9.51. The highest BCUT2D eigenvalue weighted by atomic mass is 16.5. The van der Waals surface area contributed by atoms with Crippen molar-refractivity contribution in [1.29, 1.82) is 0 Å². The Kier molecular flexibility index (Phi) is 5.76. The summed E-state index contributed by atoms with van der Waals surface area (Å²) in [6, 6.07) is 13.9. The first-order valence-corrected chi connectivity index (χ1v) is 9.51. The van der Waals surface area contributed by atoms with Gasteiger partial charge in [-0.05, 0) is 36.4 Å². The van der Waals surface area contributed by atoms with Gasteiger partial charge in [0.1, 0.15) is 17.3 Å². The van der Waals surface area contributed by atoms with Gasteiger partial charge in [-0.2, -0.15) is 0 Å². The molecule has 0 amide bonds. The molecule has 150 valence electrons. The smallest absolute Gasteiger partial charge is 0.144 e. The normalized spacial score (nSPS) is 13.8. The molecular formula is C22H24N4O3. The summed E-state index contributed by atoms with van der Waals surface area (Å²) in [5, 5.41) is 3.35. The van der Waals surface area contributed by atoms with Crippen molar-refractivity contribution >= 4 is 17.2 Å². The molecule has 0 saturated carbocycles. The van der Waals surface area contributed by atoms with Gasteiger partial charge in [0.2, 0.25) is 0 Å². The highest BCUT2D eigenvalue weighted by molar-refractivity contribution is 5.71. The van der Waals surface area contributed by atoms with E-state index >= 15 is 0 Å². The summed E-state index contributed by atoms with van der Waals surface area (Å²) in [6.07, 6.45) is 3.47. The number of rotatable bonds is 6. The predicted molar refractivity (Wildman–Crippen MR) is 113 cm³/mol. The zero-order chi connectivity index (χ0) is 20.1. The van der Waals surface area contributed by atoms with Gasteiger partial charge in [-0.15, -0.1) is 0 Å². The van der Waals surface area contributed by atoms with Crippen LogP contribution in [-0.4, -0.2) is 50.5 Å². The number of nitrogens with one attached hydrogen (secondary N) is 1. The molecule has 1 aromatic carbocycles.